The van der Waals surface area contributed by atoms with Crippen molar-refractivity contribution < 1.29 is 14.7 Å². The molecule has 1 saturated heterocycles. The van der Waals surface area contributed by atoms with Gasteiger partial charge in [0.15, 0.2) is 0 Å². The molecular weight excluding hydrogens is 238 g/mol. The van der Waals surface area contributed by atoms with Crippen molar-refractivity contribution in [3.63, 3.8) is 0 Å². The highest BCUT2D eigenvalue weighted by atomic mass is 32.1. The molecule has 2 heterocycles. The third kappa shape index (κ3) is 3.06. The van der Waals surface area contributed by atoms with Crippen LogP contribution >= 0.6 is 11.3 Å². The summed E-state index contributed by atoms with van der Waals surface area (Å²) in [6.45, 7) is 0. The van der Waals surface area contributed by atoms with E-state index in [1.165, 1.54) is 5.56 Å². The molecule has 17 heavy (non-hydrogen) atoms. The first kappa shape index (κ1) is 12.1. The van der Waals surface area contributed by atoms with Crippen LogP contribution in [0.1, 0.15) is 31.2 Å². The van der Waals surface area contributed by atoms with Crippen molar-refractivity contribution >= 4 is 23.2 Å². The minimum absolute atomic E-state index is 0.0330. The monoisotopic (exact) mass is 253 g/mol. The van der Waals surface area contributed by atoms with Gasteiger partial charge in [-0.15, -0.1) is 0 Å². The van der Waals surface area contributed by atoms with Gasteiger partial charge in [-0.05, 0) is 41.7 Å². The summed E-state index contributed by atoms with van der Waals surface area (Å²) in [6.07, 6.45) is 2.57. The second-order valence-electron chi connectivity index (χ2n) is 4.53. The second kappa shape index (κ2) is 4.87. The summed E-state index contributed by atoms with van der Waals surface area (Å²) in [5, 5.41) is 15.8. The average molecular weight is 253 g/mol. The van der Waals surface area contributed by atoms with Gasteiger partial charge < -0.3 is 10.4 Å². The van der Waals surface area contributed by atoms with E-state index in [1.54, 1.807) is 11.3 Å². The molecule has 1 aromatic rings. The van der Waals surface area contributed by atoms with Gasteiger partial charge in [0.25, 0.3) is 0 Å². The van der Waals surface area contributed by atoms with Crippen LogP contribution < -0.4 is 5.32 Å². The van der Waals surface area contributed by atoms with Crippen LogP contribution in [0.25, 0.3) is 0 Å². The summed E-state index contributed by atoms with van der Waals surface area (Å²) in [5.74, 6) is -0.776. The van der Waals surface area contributed by atoms with E-state index in [0.717, 1.165) is 12.8 Å². The van der Waals surface area contributed by atoms with Gasteiger partial charge in [0.1, 0.15) is 0 Å². The van der Waals surface area contributed by atoms with E-state index in [4.69, 9.17) is 5.11 Å². The smallest absolute Gasteiger partial charge is 0.303 e. The molecule has 2 N–H and O–H groups in total. The molecule has 1 fully saturated rings. The van der Waals surface area contributed by atoms with E-state index in [1.807, 2.05) is 16.8 Å². The van der Waals surface area contributed by atoms with Crippen LogP contribution in [0.4, 0.5) is 0 Å². The second-order valence-corrected chi connectivity index (χ2v) is 5.31. The predicted octanol–water partition coefficient (Wildman–Crippen LogP) is 1.80. The number of carbonyl (C=O) groups excluding carboxylic acids is 1. The topological polar surface area (TPSA) is 66.4 Å². The van der Waals surface area contributed by atoms with E-state index < -0.39 is 5.97 Å². The normalized spacial score (nSPS) is 23.6. The molecule has 1 atom stereocenters. The number of nitrogens with one attached hydrogen (secondary N) is 1. The molecule has 0 aliphatic carbocycles. The minimum Gasteiger partial charge on any atom is -0.481 e. The number of hydrogen-bond acceptors (Lipinski definition) is 3. The number of carboxylic acid groups (broad SMARTS) is 1. The Morgan fingerprint density at radius 3 is 2.94 bits per heavy atom. The fourth-order valence-corrected chi connectivity index (χ4v) is 2.98. The van der Waals surface area contributed by atoms with Crippen molar-refractivity contribution in [3.8, 4) is 0 Å². The van der Waals surface area contributed by atoms with Crippen molar-refractivity contribution in [2.45, 2.75) is 37.6 Å². The van der Waals surface area contributed by atoms with Crippen LogP contribution in [0.5, 0.6) is 0 Å². The summed E-state index contributed by atoms with van der Waals surface area (Å²) < 4.78 is 0. The molecule has 0 spiro atoms. The SMILES string of the molecule is O=C(O)CC[C@@]1(Cc2ccsc2)CCC(=O)N1. The van der Waals surface area contributed by atoms with E-state index in [0.29, 0.717) is 12.8 Å². The lowest BCUT2D eigenvalue weighted by Gasteiger charge is -2.28. The summed E-state index contributed by atoms with van der Waals surface area (Å²) in [6, 6.07) is 2.03. The third-order valence-electron chi connectivity index (χ3n) is 3.18. The number of carbonyl (C=O) groups is 2. The highest BCUT2D eigenvalue weighted by Crippen LogP contribution is 2.30. The summed E-state index contributed by atoms with van der Waals surface area (Å²) in [4.78, 5) is 22.0. The van der Waals surface area contributed by atoms with Crippen LogP contribution in [-0.4, -0.2) is 22.5 Å². The molecule has 0 bridgehead atoms. The quantitative estimate of drug-likeness (QED) is 0.841. The maximum absolute atomic E-state index is 11.4. The van der Waals surface area contributed by atoms with Crippen molar-refractivity contribution in [2.24, 2.45) is 0 Å². The Labute approximate surface area is 104 Å². The number of aliphatic carboxylic acids is 1. The first-order valence-corrected chi connectivity index (χ1v) is 6.58. The van der Waals surface area contributed by atoms with Gasteiger partial charge in [0.05, 0.1) is 0 Å². The van der Waals surface area contributed by atoms with Crippen molar-refractivity contribution in [2.75, 3.05) is 0 Å². The molecule has 1 amide bonds. The number of hydrogen-bond donors (Lipinski definition) is 2. The van der Waals surface area contributed by atoms with E-state index in [-0.39, 0.29) is 17.9 Å². The number of thiophene rings is 1. The molecular formula is C12H15NO3S. The molecule has 4 nitrogen and oxygen atoms in total. The Bertz CT molecular complexity index is 415. The first-order valence-electron chi connectivity index (χ1n) is 5.64. The Balaban J connectivity index is 2.07. The zero-order valence-electron chi connectivity index (χ0n) is 9.44. The lowest BCUT2D eigenvalue weighted by Crippen LogP contribution is -2.43. The molecule has 0 aromatic carbocycles. The Kier molecular flexibility index (Phi) is 3.47. The van der Waals surface area contributed by atoms with Gasteiger partial charge in [-0.1, -0.05) is 0 Å². The van der Waals surface area contributed by atoms with Crippen molar-refractivity contribution in [1.29, 1.82) is 0 Å². The first-order chi connectivity index (χ1) is 8.10. The number of amides is 1. The molecule has 5 heteroatoms. The summed E-state index contributed by atoms with van der Waals surface area (Å²) in [7, 11) is 0. The highest BCUT2D eigenvalue weighted by Gasteiger charge is 2.37. The van der Waals surface area contributed by atoms with Crippen LogP contribution in [0.15, 0.2) is 16.8 Å². The van der Waals surface area contributed by atoms with Crippen LogP contribution in [-0.2, 0) is 16.0 Å². The number of carboxylic acids is 1. The summed E-state index contributed by atoms with van der Waals surface area (Å²) >= 11 is 1.62. The minimum atomic E-state index is -0.809. The fraction of sp³-hybridized carbons (Fsp3) is 0.500. The molecule has 2 rings (SSSR count). The van der Waals surface area contributed by atoms with Crippen LogP contribution in [0.2, 0.25) is 0 Å². The largest absolute Gasteiger partial charge is 0.481 e. The van der Waals surface area contributed by atoms with Gasteiger partial charge in [0.2, 0.25) is 5.91 Å². The van der Waals surface area contributed by atoms with Crippen LogP contribution in [0.3, 0.4) is 0 Å². The lowest BCUT2D eigenvalue weighted by molar-refractivity contribution is -0.137. The van der Waals surface area contributed by atoms with Gasteiger partial charge in [0, 0.05) is 18.4 Å². The zero-order chi connectivity index (χ0) is 12.3. The third-order valence-corrected chi connectivity index (χ3v) is 3.91. The summed E-state index contributed by atoms with van der Waals surface area (Å²) in [5.41, 5.74) is 0.818. The standard InChI is InChI=1S/C12H15NO3S/c14-10-1-4-12(13-10,5-2-11(15)16)7-9-3-6-17-8-9/h3,6,8H,1-2,4-5,7H2,(H,13,14)(H,15,16)/t12-/m1/s1. The number of rotatable bonds is 5. The average Bonchev–Trinajstić information content (AvgIpc) is 2.87. The predicted molar refractivity (Wildman–Crippen MR) is 65.0 cm³/mol. The van der Waals surface area contributed by atoms with Gasteiger partial charge >= 0.3 is 5.97 Å². The van der Waals surface area contributed by atoms with E-state index in [2.05, 4.69) is 5.32 Å². The molecule has 0 radical (unpaired) electrons. The van der Waals surface area contributed by atoms with E-state index in [9.17, 15) is 9.59 Å². The molecule has 0 unspecified atom stereocenters. The van der Waals surface area contributed by atoms with Crippen molar-refractivity contribution in [1.82, 2.24) is 5.32 Å². The maximum Gasteiger partial charge on any atom is 0.303 e. The van der Waals surface area contributed by atoms with Gasteiger partial charge in [-0.3, -0.25) is 9.59 Å². The molecule has 1 aliphatic rings. The zero-order valence-corrected chi connectivity index (χ0v) is 10.3. The molecule has 1 aliphatic heterocycles. The molecule has 92 valence electrons. The Morgan fingerprint density at radius 2 is 2.41 bits per heavy atom. The Hall–Kier alpha value is -1.36. The fourth-order valence-electron chi connectivity index (χ4n) is 2.31. The molecule has 0 saturated carbocycles. The Morgan fingerprint density at radius 1 is 1.59 bits per heavy atom. The molecule has 1 aromatic heterocycles. The van der Waals surface area contributed by atoms with Crippen LogP contribution in [0, 0.1) is 0 Å². The van der Waals surface area contributed by atoms with Gasteiger partial charge in [-0.2, -0.15) is 11.3 Å². The lowest BCUT2D eigenvalue weighted by atomic mass is 9.86. The van der Waals surface area contributed by atoms with Crippen molar-refractivity contribution in [3.05, 3.63) is 22.4 Å². The van der Waals surface area contributed by atoms with Gasteiger partial charge in [-0.25, -0.2) is 0 Å². The maximum atomic E-state index is 11.4. The van der Waals surface area contributed by atoms with E-state index >= 15 is 0 Å². The highest BCUT2D eigenvalue weighted by molar-refractivity contribution is 7.07.